The number of aliphatic carboxylic acids is 1. The Labute approximate surface area is 117 Å². The first-order valence-corrected chi connectivity index (χ1v) is 6.73. The number of aromatic nitrogens is 2. The SMILES string of the molecule is CCCOc1ccnc(N2CCOC(CC(=O)O)C2)n1. The van der Waals surface area contributed by atoms with Crippen LogP contribution < -0.4 is 9.64 Å². The van der Waals surface area contributed by atoms with Crippen LogP contribution in [0.4, 0.5) is 5.95 Å². The lowest BCUT2D eigenvalue weighted by atomic mass is 10.2. The number of carbonyl (C=O) groups is 1. The van der Waals surface area contributed by atoms with Crippen molar-refractivity contribution in [3.8, 4) is 5.88 Å². The molecule has 0 saturated carbocycles. The molecular weight excluding hydrogens is 262 g/mol. The third-order valence-corrected chi connectivity index (χ3v) is 2.90. The molecule has 0 aliphatic carbocycles. The highest BCUT2D eigenvalue weighted by molar-refractivity contribution is 5.67. The molecule has 1 fully saturated rings. The summed E-state index contributed by atoms with van der Waals surface area (Å²) in [7, 11) is 0. The van der Waals surface area contributed by atoms with Crippen LogP contribution in [0.2, 0.25) is 0 Å². The van der Waals surface area contributed by atoms with Crippen LogP contribution in [0.1, 0.15) is 19.8 Å². The quantitative estimate of drug-likeness (QED) is 0.830. The molecule has 2 heterocycles. The Morgan fingerprint density at radius 1 is 1.65 bits per heavy atom. The Balaban J connectivity index is 2.00. The van der Waals surface area contributed by atoms with Crippen molar-refractivity contribution in [2.75, 3.05) is 31.2 Å². The van der Waals surface area contributed by atoms with Crippen molar-refractivity contribution >= 4 is 11.9 Å². The molecule has 1 aromatic rings. The normalized spacial score (nSPS) is 18.9. The highest BCUT2D eigenvalue weighted by Gasteiger charge is 2.24. The lowest BCUT2D eigenvalue weighted by Gasteiger charge is -2.32. The predicted molar refractivity (Wildman–Crippen MR) is 72.0 cm³/mol. The second kappa shape index (κ2) is 7.04. The van der Waals surface area contributed by atoms with Gasteiger partial charge in [-0.25, -0.2) is 4.98 Å². The summed E-state index contributed by atoms with van der Waals surface area (Å²) in [4.78, 5) is 21.2. The van der Waals surface area contributed by atoms with Gasteiger partial charge in [0.05, 0.1) is 25.7 Å². The zero-order valence-corrected chi connectivity index (χ0v) is 11.5. The number of carboxylic acid groups (broad SMARTS) is 1. The lowest BCUT2D eigenvalue weighted by Crippen LogP contribution is -2.44. The third-order valence-electron chi connectivity index (χ3n) is 2.90. The van der Waals surface area contributed by atoms with Crippen molar-refractivity contribution in [1.29, 1.82) is 0 Å². The largest absolute Gasteiger partial charge is 0.481 e. The topological polar surface area (TPSA) is 84.8 Å². The molecule has 110 valence electrons. The zero-order valence-electron chi connectivity index (χ0n) is 11.5. The van der Waals surface area contributed by atoms with Gasteiger partial charge in [0.25, 0.3) is 0 Å². The minimum Gasteiger partial charge on any atom is -0.481 e. The first-order valence-electron chi connectivity index (χ1n) is 6.73. The Morgan fingerprint density at radius 2 is 2.50 bits per heavy atom. The van der Waals surface area contributed by atoms with Gasteiger partial charge in [0.15, 0.2) is 0 Å². The van der Waals surface area contributed by atoms with Crippen molar-refractivity contribution in [3.63, 3.8) is 0 Å². The number of hydrogen-bond acceptors (Lipinski definition) is 6. The first-order chi connectivity index (χ1) is 9.69. The van der Waals surface area contributed by atoms with Gasteiger partial charge in [0.2, 0.25) is 11.8 Å². The highest BCUT2D eigenvalue weighted by Crippen LogP contribution is 2.17. The van der Waals surface area contributed by atoms with Crippen LogP contribution in [0.3, 0.4) is 0 Å². The molecule has 1 unspecified atom stereocenters. The smallest absolute Gasteiger partial charge is 0.306 e. The van der Waals surface area contributed by atoms with Crippen LogP contribution in [0.5, 0.6) is 5.88 Å². The standard InChI is InChI=1S/C13H19N3O4/c1-2-6-20-11-3-4-14-13(15-11)16-5-7-19-10(9-16)8-12(17)18/h3-4,10H,2,5-9H2,1H3,(H,17,18). The number of carboxylic acids is 1. The van der Waals surface area contributed by atoms with E-state index in [0.717, 1.165) is 6.42 Å². The van der Waals surface area contributed by atoms with Gasteiger partial charge in [-0.1, -0.05) is 6.92 Å². The fourth-order valence-corrected chi connectivity index (χ4v) is 1.99. The molecule has 0 spiro atoms. The summed E-state index contributed by atoms with van der Waals surface area (Å²) < 4.78 is 10.9. The van der Waals surface area contributed by atoms with E-state index in [9.17, 15) is 4.79 Å². The van der Waals surface area contributed by atoms with Crippen LogP contribution in [0.25, 0.3) is 0 Å². The molecule has 0 aromatic carbocycles. The summed E-state index contributed by atoms with van der Waals surface area (Å²) in [5, 5.41) is 8.81. The number of ether oxygens (including phenoxy) is 2. The van der Waals surface area contributed by atoms with E-state index in [0.29, 0.717) is 38.1 Å². The number of morpholine rings is 1. The highest BCUT2D eigenvalue weighted by atomic mass is 16.5. The molecule has 0 bridgehead atoms. The van der Waals surface area contributed by atoms with E-state index in [1.54, 1.807) is 12.3 Å². The van der Waals surface area contributed by atoms with Crippen molar-refractivity contribution < 1.29 is 19.4 Å². The third kappa shape index (κ3) is 4.06. The zero-order chi connectivity index (χ0) is 14.4. The summed E-state index contributed by atoms with van der Waals surface area (Å²) in [6.45, 7) is 4.24. The molecule has 2 rings (SSSR count). The summed E-state index contributed by atoms with van der Waals surface area (Å²) in [5.74, 6) is 0.230. The van der Waals surface area contributed by atoms with Gasteiger partial charge in [-0.15, -0.1) is 0 Å². The molecule has 20 heavy (non-hydrogen) atoms. The van der Waals surface area contributed by atoms with Crippen LogP contribution in [-0.4, -0.2) is 53.5 Å². The molecular formula is C13H19N3O4. The maximum absolute atomic E-state index is 10.7. The van der Waals surface area contributed by atoms with Crippen LogP contribution >= 0.6 is 0 Å². The second-order valence-corrected chi connectivity index (χ2v) is 4.58. The van der Waals surface area contributed by atoms with Crippen LogP contribution in [0.15, 0.2) is 12.3 Å². The predicted octanol–water partition coefficient (Wildman–Crippen LogP) is 0.945. The monoisotopic (exact) mass is 281 g/mol. The van der Waals surface area contributed by atoms with E-state index in [2.05, 4.69) is 9.97 Å². The van der Waals surface area contributed by atoms with E-state index < -0.39 is 5.97 Å². The Bertz CT molecular complexity index is 455. The molecule has 1 saturated heterocycles. The minimum absolute atomic E-state index is 0.0114. The summed E-state index contributed by atoms with van der Waals surface area (Å²) in [5.41, 5.74) is 0. The molecule has 7 heteroatoms. The summed E-state index contributed by atoms with van der Waals surface area (Å²) in [6, 6.07) is 1.72. The van der Waals surface area contributed by atoms with Gasteiger partial charge in [-0.05, 0) is 6.42 Å². The van der Waals surface area contributed by atoms with Crippen molar-refractivity contribution in [2.45, 2.75) is 25.9 Å². The molecule has 1 aliphatic rings. The Kier molecular flexibility index (Phi) is 5.11. The van der Waals surface area contributed by atoms with Gasteiger partial charge in [-0.3, -0.25) is 4.79 Å². The van der Waals surface area contributed by atoms with Crippen molar-refractivity contribution in [3.05, 3.63) is 12.3 Å². The maximum atomic E-state index is 10.7. The fraction of sp³-hybridized carbons (Fsp3) is 0.615. The van der Waals surface area contributed by atoms with Crippen molar-refractivity contribution in [2.24, 2.45) is 0 Å². The van der Waals surface area contributed by atoms with E-state index in [-0.39, 0.29) is 12.5 Å². The molecule has 0 radical (unpaired) electrons. The molecule has 1 atom stereocenters. The molecule has 7 nitrogen and oxygen atoms in total. The van der Waals surface area contributed by atoms with Gasteiger partial charge in [0, 0.05) is 25.4 Å². The van der Waals surface area contributed by atoms with Gasteiger partial charge < -0.3 is 19.5 Å². The van der Waals surface area contributed by atoms with Crippen molar-refractivity contribution in [1.82, 2.24) is 9.97 Å². The number of hydrogen-bond donors (Lipinski definition) is 1. The average molecular weight is 281 g/mol. The van der Waals surface area contributed by atoms with Gasteiger partial charge in [0.1, 0.15) is 0 Å². The minimum atomic E-state index is -0.863. The van der Waals surface area contributed by atoms with E-state index in [4.69, 9.17) is 14.6 Å². The number of anilines is 1. The average Bonchev–Trinajstić information content (AvgIpc) is 2.45. The maximum Gasteiger partial charge on any atom is 0.306 e. The summed E-state index contributed by atoms with van der Waals surface area (Å²) in [6.07, 6.45) is 2.22. The summed E-state index contributed by atoms with van der Waals surface area (Å²) >= 11 is 0. The fourth-order valence-electron chi connectivity index (χ4n) is 1.99. The van der Waals surface area contributed by atoms with Crippen LogP contribution in [-0.2, 0) is 9.53 Å². The van der Waals surface area contributed by atoms with E-state index in [1.807, 2.05) is 11.8 Å². The number of nitrogens with zero attached hydrogens (tertiary/aromatic N) is 3. The second-order valence-electron chi connectivity index (χ2n) is 4.58. The van der Waals surface area contributed by atoms with Crippen LogP contribution in [0, 0.1) is 0 Å². The molecule has 1 aromatic heterocycles. The number of rotatable bonds is 6. The Morgan fingerprint density at radius 3 is 3.25 bits per heavy atom. The van der Waals surface area contributed by atoms with E-state index >= 15 is 0 Å². The molecule has 1 N–H and O–H groups in total. The Hall–Kier alpha value is -1.89. The molecule has 1 aliphatic heterocycles. The van der Waals surface area contributed by atoms with E-state index in [1.165, 1.54) is 0 Å². The first kappa shape index (κ1) is 14.5. The van der Waals surface area contributed by atoms with Gasteiger partial charge in [-0.2, -0.15) is 4.98 Å². The lowest BCUT2D eigenvalue weighted by molar-refractivity contribution is -0.140. The molecule has 0 amide bonds. The van der Waals surface area contributed by atoms with Gasteiger partial charge >= 0.3 is 5.97 Å².